The molecule has 0 fully saturated rings. The summed E-state index contributed by atoms with van der Waals surface area (Å²) in [6.07, 6.45) is 3.55. The maximum atomic E-state index is 4.18. The zero-order chi connectivity index (χ0) is 10.2. The number of pyridine rings is 1. The summed E-state index contributed by atoms with van der Waals surface area (Å²) in [5, 5.41) is 1.20. The van der Waals surface area contributed by atoms with Crippen LogP contribution in [0.15, 0.2) is 55.3 Å². The SMILES string of the molecule is C=CCS.c1ccc2ncccc2c1. The van der Waals surface area contributed by atoms with E-state index in [9.17, 15) is 0 Å². The first kappa shape index (κ1) is 10.8. The Morgan fingerprint density at radius 2 is 1.86 bits per heavy atom. The molecule has 0 amide bonds. The Bertz CT molecular complexity index is 333. The van der Waals surface area contributed by atoms with Crippen molar-refractivity contribution in [2.45, 2.75) is 0 Å². The average molecular weight is 203 g/mol. The van der Waals surface area contributed by atoms with E-state index in [4.69, 9.17) is 0 Å². The van der Waals surface area contributed by atoms with E-state index in [0.717, 1.165) is 11.3 Å². The molecule has 0 radical (unpaired) electrons. The molecule has 2 heteroatoms. The van der Waals surface area contributed by atoms with Gasteiger partial charge in [-0.2, -0.15) is 12.6 Å². The monoisotopic (exact) mass is 203 g/mol. The highest BCUT2D eigenvalue weighted by Crippen LogP contribution is 2.07. The predicted octanol–water partition coefficient (Wildman–Crippen LogP) is 3.34. The number of aromatic nitrogens is 1. The van der Waals surface area contributed by atoms with E-state index in [1.807, 2.05) is 30.5 Å². The summed E-state index contributed by atoms with van der Waals surface area (Å²) in [6, 6.07) is 12.1. The fourth-order valence-corrected chi connectivity index (χ4v) is 1.02. The number of rotatable bonds is 1. The van der Waals surface area contributed by atoms with Gasteiger partial charge in [-0.3, -0.25) is 4.98 Å². The lowest BCUT2D eigenvalue weighted by molar-refractivity contribution is 1.41. The van der Waals surface area contributed by atoms with Crippen molar-refractivity contribution in [2.75, 3.05) is 5.75 Å². The first-order chi connectivity index (χ1) is 6.88. The third-order valence-corrected chi connectivity index (χ3v) is 1.90. The molecule has 0 aliphatic heterocycles. The van der Waals surface area contributed by atoms with Crippen LogP contribution in [0.1, 0.15) is 0 Å². The lowest BCUT2D eigenvalue weighted by Gasteiger charge is -1.91. The number of nitrogens with zero attached hydrogens (tertiary/aromatic N) is 1. The molecule has 2 rings (SSSR count). The molecule has 2 aromatic rings. The van der Waals surface area contributed by atoms with Crippen LogP contribution in [0, 0.1) is 0 Å². The van der Waals surface area contributed by atoms with Gasteiger partial charge in [0.05, 0.1) is 5.52 Å². The van der Waals surface area contributed by atoms with Gasteiger partial charge in [0.15, 0.2) is 0 Å². The maximum absolute atomic E-state index is 4.18. The fourth-order valence-electron chi connectivity index (χ4n) is 1.02. The van der Waals surface area contributed by atoms with E-state index in [1.165, 1.54) is 5.39 Å². The number of fused-ring (bicyclic) bond motifs is 1. The lowest BCUT2D eigenvalue weighted by atomic mass is 10.2. The van der Waals surface area contributed by atoms with Gasteiger partial charge in [-0.05, 0) is 12.1 Å². The van der Waals surface area contributed by atoms with Crippen LogP contribution in [0.25, 0.3) is 10.9 Å². The van der Waals surface area contributed by atoms with Gasteiger partial charge in [0.25, 0.3) is 0 Å². The van der Waals surface area contributed by atoms with E-state index in [1.54, 1.807) is 6.08 Å². The minimum atomic E-state index is 0.778. The van der Waals surface area contributed by atoms with Crippen LogP contribution in [0.5, 0.6) is 0 Å². The first-order valence-corrected chi connectivity index (χ1v) is 5.03. The van der Waals surface area contributed by atoms with Crippen LogP contribution in [0.3, 0.4) is 0 Å². The Balaban J connectivity index is 0.000000213. The quantitative estimate of drug-likeness (QED) is 0.554. The van der Waals surface area contributed by atoms with Gasteiger partial charge in [-0.25, -0.2) is 0 Å². The highest BCUT2D eigenvalue weighted by atomic mass is 32.1. The third-order valence-electron chi connectivity index (χ3n) is 1.64. The maximum Gasteiger partial charge on any atom is 0.0701 e. The highest BCUT2D eigenvalue weighted by Gasteiger charge is 1.86. The molecule has 14 heavy (non-hydrogen) atoms. The zero-order valence-electron chi connectivity index (χ0n) is 7.93. The fraction of sp³-hybridized carbons (Fsp3) is 0.0833. The smallest absolute Gasteiger partial charge is 0.0701 e. The van der Waals surface area contributed by atoms with Crippen molar-refractivity contribution in [1.29, 1.82) is 0 Å². The summed E-state index contributed by atoms with van der Waals surface area (Å²) < 4.78 is 0. The van der Waals surface area contributed by atoms with Gasteiger partial charge in [-0.15, -0.1) is 6.58 Å². The summed E-state index contributed by atoms with van der Waals surface area (Å²) in [6.45, 7) is 3.40. The molecule has 1 nitrogen and oxygen atoms in total. The number of benzene rings is 1. The largest absolute Gasteiger partial charge is 0.256 e. The molecular formula is C12H13NS. The molecular weight excluding hydrogens is 190 g/mol. The van der Waals surface area contributed by atoms with Crippen molar-refractivity contribution in [3.8, 4) is 0 Å². The number of hydrogen-bond donors (Lipinski definition) is 1. The number of thiol groups is 1. The van der Waals surface area contributed by atoms with Crippen molar-refractivity contribution in [3.63, 3.8) is 0 Å². The van der Waals surface area contributed by atoms with Gasteiger partial charge < -0.3 is 0 Å². The van der Waals surface area contributed by atoms with Crippen LogP contribution in [-0.2, 0) is 0 Å². The van der Waals surface area contributed by atoms with Crippen molar-refractivity contribution >= 4 is 23.5 Å². The molecule has 0 aliphatic carbocycles. The Labute approximate surface area is 89.9 Å². The molecule has 0 unspecified atom stereocenters. The van der Waals surface area contributed by atoms with Gasteiger partial charge >= 0.3 is 0 Å². The van der Waals surface area contributed by atoms with Crippen molar-refractivity contribution in [3.05, 3.63) is 55.3 Å². The molecule has 1 heterocycles. The van der Waals surface area contributed by atoms with Crippen LogP contribution < -0.4 is 0 Å². The van der Waals surface area contributed by atoms with Gasteiger partial charge in [0, 0.05) is 17.3 Å². The van der Waals surface area contributed by atoms with E-state index in [0.29, 0.717) is 0 Å². The van der Waals surface area contributed by atoms with E-state index in [2.05, 4.69) is 36.3 Å². The standard InChI is InChI=1S/C9H7N.C3H6S/c1-2-6-9-8(4-1)5-3-7-10-9;1-2-3-4/h1-7H;2,4H,1,3H2. The summed E-state index contributed by atoms with van der Waals surface area (Å²) in [4.78, 5) is 4.18. The topological polar surface area (TPSA) is 12.9 Å². The summed E-state index contributed by atoms with van der Waals surface area (Å²) in [7, 11) is 0. The van der Waals surface area contributed by atoms with Gasteiger partial charge in [0.1, 0.15) is 0 Å². The summed E-state index contributed by atoms with van der Waals surface area (Å²) in [5.41, 5.74) is 1.06. The first-order valence-electron chi connectivity index (χ1n) is 4.40. The van der Waals surface area contributed by atoms with Gasteiger partial charge in [-0.1, -0.05) is 30.3 Å². The second-order valence-electron chi connectivity index (χ2n) is 2.67. The molecule has 0 N–H and O–H groups in total. The van der Waals surface area contributed by atoms with Crippen molar-refractivity contribution in [1.82, 2.24) is 4.98 Å². The molecule has 0 bridgehead atoms. The molecule has 0 spiro atoms. The number of para-hydroxylation sites is 1. The molecule has 1 aromatic carbocycles. The minimum absolute atomic E-state index is 0.778. The second-order valence-corrected chi connectivity index (χ2v) is 3.03. The summed E-state index contributed by atoms with van der Waals surface area (Å²) in [5.74, 6) is 0.778. The van der Waals surface area contributed by atoms with Crippen molar-refractivity contribution < 1.29 is 0 Å². The van der Waals surface area contributed by atoms with E-state index in [-0.39, 0.29) is 0 Å². The summed E-state index contributed by atoms with van der Waals surface area (Å²) >= 11 is 3.80. The van der Waals surface area contributed by atoms with Crippen molar-refractivity contribution in [2.24, 2.45) is 0 Å². The average Bonchev–Trinajstić information content (AvgIpc) is 2.30. The molecule has 1 aromatic heterocycles. The second kappa shape index (κ2) is 6.22. The number of hydrogen-bond acceptors (Lipinski definition) is 2. The normalized spacial score (nSPS) is 8.93. The molecule has 0 saturated carbocycles. The van der Waals surface area contributed by atoms with E-state index >= 15 is 0 Å². The molecule has 0 saturated heterocycles. The Morgan fingerprint density at radius 1 is 1.21 bits per heavy atom. The minimum Gasteiger partial charge on any atom is -0.256 e. The zero-order valence-corrected chi connectivity index (χ0v) is 8.82. The van der Waals surface area contributed by atoms with Crippen LogP contribution in [-0.4, -0.2) is 10.7 Å². The van der Waals surface area contributed by atoms with Crippen LogP contribution in [0.4, 0.5) is 0 Å². The van der Waals surface area contributed by atoms with Crippen LogP contribution >= 0.6 is 12.6 Å². The Kier molecular flexibility index (Phi) is 4.79. The third kappa shape index (κ3) is 3.23. The van der Waals surface area contributed by atoms with Crippen LogP contribution in [0.2, 0.25) is 0 Å². The Hall–Kier alpha value is -1.28. The molecule has 0 aliphatic rings. The Morgan fingerprint density at radius 3 is 2.50 bits per heavy atom. The van der Waals surface area contributed by atoms with E-state index < -0.39 is 0 Å². The van der Waals surface area contributed by atoms with Gasteiger partial charge in [0.2, 0.25) is 0 Å². The molecule has 0 atom stereocenters. The highest BCUT2D eigenvalue weighted by molar-refractivity contribution is 7.80. The predicted molar refractivity (Wildman–Crippen MR) is 65.8 cm³/mol. The molecule has 72 valence electrons. The lowest BCUT2D eigenvalue weighted by Crippen LogP contribution is -1.73.